The first-order chi connectivity index (χ1) is 12.8. The number of halogens is 3. The maximum atomic E-state index is 12.6. The summed E-state index contributed by atoms with van der Waals surface area (Å²) >= 11 is 0. The molecule has 0 aliphatic carbocycles. The van der Waals surface area contributed by atoms with Crippen molar-refractivity contribution in [1.82, 2.24) is 4.90 Å². The van der Waals surface area contributed by atoms with Gasteiger partial charge >= 0.3 is 6.18 Å². The lowest BCUT2D eigenvalue weighted by atomic mass is 9.93. The second kappa shape index (κ2) is 7.26. The minimum Gasteiger partial charge on any atom is -0.326 e. The number of benzene rings is 2. The monoisotopic (exact) mass is 374 g/mol. The van der Waals surface area contributed by atoms with Crippen molar-refractivity contribution in [2.75, 3.05) is 5.32 Å². The van der Waals surface area contributed by atoms with Gasteiger partial charge in [0, 0.05) is 18.8 Å². The van der Waals surface area contributed by atoms with Crippen molar-refractivity contribution in [3.05, 3.63) is 71.4 Å². The second-order valence-electron chi connectivity index (χ2n) is 6.21. The highest BCUT2D eigenvalue weighted by molar-refractivity contribution is 5.92. The molecule has 140 valence electrons. The van der Waals surface area contributed by atoms with Crippen LogP contribution in [0.5, 0.6) is 0 Å². The number of amides is 2. The molecule has 0 bridgehead atoms. The van der Waals surface area contributed by atoms with Gasteiger partial charge in [-0.25, -0.2) is 0 Å². The van der Waals surface area contributed by atoms with Gasteiger partial charge in [-0.15, -0.1) is 0 Å². The molecule has 27 heavy (non-hydrogen) atoms. The molecule has 1 aliphatic rings. The fourth-order valence-corrected chi connectivity index (χ4v) is 3.04. The first-order valence-electron chi connectivity index (χ1n) is 8.29. The summed E-state index contributed by atoms with van der Waals surface area (Å²) in [6.45, 7) is 1.42. The van der Waals surface area contributed by atoms with Gasteiger partial charge in [-0.3, -0.25) is 9.59 Å². The number of alkyl halides is 3. The molecular weight excluding hydrogens is 357 g/mol. The zero-order chi connectivity index (χ0) is 19.6. The van der Waals surface area contributed by atoms with Crippen LogP contribution in [0, 0.1) is 0 Å². The van der Waals surface area contributed by atoms with E-state index in [9.17, 15) is 22.8 Å². The number of carbonyl (C=O) groups is 2. The molecule has 2 aromatic rings. The number of hydrogen-bond acceptors (Lipinski definition) is 2. The van der Waals surface area contributed by atoms with Crippen LogP contribution in [-0.4, -0.2) is 16.7 Å². The zero-order valence-corrected chi connectivity index (χ0v) is 14.5. The fraction of sp³-hybridized carbons (Fsp3) is 0.200. The molecule has 0 aromatic heterocycles. The minimum atomic E-state index is -4.43. The Morgan fingerprint density at radius 1 is 1.07 bits per heavy atom. The van der Waals surface area contributed by atoms with Gasteiger partial charge in [0.2, 0.25) is 11.8 Å². The lowest BCUT2D eigenvalue weighted by molar-refractivity contribution is -0.137. The van der Waals surface area contributed by atoms with Crippen LogP contribution < -0.4 is 5.32 Å². The van der Waals surface area contributed by atoms with Crippen molar-refractivity contribution >= 4 is 23.6 Å². The predicted octanol–water partition coefficient (Wildman–Crippen LogP) is 4.61. The standard InChI is InChI=1S/C20H17F3N2O2/c1-13(26)25-11-10-14-4-2-3-5-17(14)18(25)12-19(27)24-16-8-6-15(7-9-16)20(21,22)23/h2-11,18H,12H2,1H3,(H,24,27)/t18-/m0/s1. The molecule has 4 nitrogen and oxygen atoms in total. The molecule has 0 radical (unpaired) electrons. The Hall–Kier alpha value is -3.09. The molecular formula is C20H17F3N2O2. The van der Waals surface area contributed by atoms with Crippen LogP contribution in [0.15, 0.2) is 54.7 Å². The maximum absolute atomic E-state index is 12.6. The first-order valence-corrected chi connectivity index (χ1v) is 8.29. The summed E-state index contributed by atoms with van der Waals surface area (Å²) in [5, 5.41) is 2.59. The van der Waals surface area contributed by atoms with E-state index in [-0.39, 0.29) is 18.0 Å². The lowest BCUT2D eigenvalue weighted by Gasteiger charge is -2.32. The molecule has 1 N–H and O–H groups in total. The normalized spacial score (nSPS) is 16.0. The van der Waals surface area contributed by atoms with Gasteiger partial charge in [-0.05, 0) is 41.5 Å². The van der Waals surface area contributed by atoms with Crippen LogP contribution in [0.25, 0.3) is 6.08 Å². The van der Waals surface area contributed by atoms with E-state index < -0.39 is 23.7 Å². The van der Waals surface area contributed by atoms with Crippen LogP contribution in [0.1, 0.15) is 36.1 Å². The third kappa shape index (κ3) is 4.19. The molecule has 1 heterocycles. The number of anilines is 1. The summed E-state index contributed by atoms with van der Waals surface area (Å²) in [4.78, 5) is 25.9. The number of hydrogen-bond donors (Lipinski definition) is 1. The molecule has 0 fully saturated rings. The van der Waals surface area contributed by atoms with E-state index in [0.717, 1.165) is 23.3 Å². The Bertz CT molecular complexity index is 889. The molecule has 2 amide bonds. The smallest absolute Gasteiger partial charge is 0.326 e. The summed E-state index contributed by atoms with van der Waals surface area (Å²) < 4.78 is 37.9. The van der Waals surface area contributed by atoms with Gasteiger partial charge in [0.05, 0.1) is 18.0 Å². The highest BCUT2D eigenvalue weighted by atomic mass is 19.4. The number of nitrogens with zero attached hydrogens (tertiary/aromatic N) is 1. The number of rotatable bonds is 3. The first kappa shape index (κ1) is 18.7. The van der Waals surface area contributed by atoms with Gasteiger partial charge in [0.15, 0.2) is 0 Å². The van der Waals surface area contributed by atoms with Crippen molar-refractivity contribution in [2.45, 2.75) is 25.6 Å². The summed E-state index contributed by atoms with van der Waals surface area (Å²) in [5.74, 6) is -0.593. The average Bonchev–Trinajstić information content (AvgIpc) is 2.61. The Labute approximate surface area is 154 Å². The molecule has 3 rings (SSSR count). The topological polar surface area (TPSA) is 49.4 Å². The minimum absolute atomic E-state index is 0.0119. The largest absolute Gasteiger partial charge is 0.416 e. The Kier molecular flexibility index (Phi) is 5.03. The van der Waals surface area contributed by atoms with Crippen molar-refractivity contribution < 1.29 is 22.8 Å². The number of nitrogens with one attached hydrogen (secondary N) is 1. The van der Waals surface area contributed by atoms with Gasteiger partial charge in [0.25, 0.3) is 0 Å². The molecule has 7 heteroatoms. The quantitative estimate of drug-likeness (QED) is 0.853. The SMILES string of the molecule is CC(=O)N1C=Cc2ccccc2[C@@H]1CC(=O)Nc1ccc(C(F)(F)F)cc1. The number of carbonyl (C=O) groups excluding carboxylic acids is 2. The fourth-order valence-electron chi connectivity index (χ4n) is 3.04. The van der Waals surface area contributed by atoms with Gasteiger partial charge in [0.1, 0.15) is 0 Å². The van der Waals surface area contributed by atoms with Gasteiger partial charge in [-0.2, -0.15) is 13.2 Å². The third-order valence-corrected chi connectivity index (χ3v) is 4.34. The van der Waals surface area contributed by atoms with E-state index in [0.29, 0.717) is 0 Å². The molecule has 0 unspecified atom stereocenters. The Morgan fingerprint density at radius 2 is 1.74 bits per heavy atom. The average molecular weight is 374 g/mol. The summed E-state index contributed by atoms with van der Waals surface area (Å²) in [5.41, 5.74) is 1.25. The van der Waals surface area contributed by atoms with E-state index in [4.69, 9.17) is 0 Å². The molecule has 0 saturated carbocycles. The predicted molar refractivity (Wildman–Crippen MR) is 95.4 cm³/mol. The van der Waals surface area contributed by atoms with Crippen LogP contribution >= 0.6 is 0 Å². The summed E-state index contributed by atoms with van der Waals surface area (Å²) in [6.07, 6.45) is -0.994. The van der Waals surface area contributed by atoms with Crippen LogP contribution in [0.3, 0.4) is 0 Å². The van der Waals surface area contributed by atoms with E-state index in [1.807, 2.05) is 24.3 Å². The van der Waals surface area contributed by atoms with Crippen molar-refractivity contribution in [2.24, 2.45) is 0 Å². The van der Waals surface area contributed by atoms with Crippen molar-refractivity contribution in [1.29, 1.82) is 0 Å². The third-order valence-electron chi connectivity index (χ3n) is 4.34. The lowest BCUT2D eigenvalue weighted by Crippen LogP contribution is -2.33. The Balaban J connectivity index is 1.76. The van der Waals surface area contributed by atoms with Crippen LogP contribution in [-0.2, 0) is 15.8 Å². The number of fused-ring (bicyclic) bond motifs is 1. The van der Waals surface area contributed by atoms with Crippen LogP contribution in [0.2, 0.25) is 0 Å². The molecule has 1 atom stereocenters. The molecule has 1 aliphatic heterocycles. The highest BCUT2D eigenvalue weighted by Crippen LogP contribution is 2.33. The zero-order valence-electron chi connectivity index (χ0n) is 14.5. The maximum Gasteiger partial charge on any atom is 0.416 e. The summed E-state index contributed by atoms with van der Waals surface area (Å²) in [6, 6.07) is 11.2. The van der Waals surface area contributed by atoms with E-state index >= 15 is 0 Å². The van der Waals surface area contributed by atoms with Gasteiger partial charge < -0.3 is 10.2 Å². The Morgan fingerprint density at radius 3 is 2.37 bits per heavy atom. The molecule has 2 aromatic carbocycles. The highest BCUT2D eigenvalue weighted by Gasteiger charge is 2.30. The summed E-state index contributed by atoms with van der Waals surface area (Å²) in [7, 11) is 0. The van der Waals surface area contributed by atoms with Gasteiger partial charge in [-0.1, -0.05) is 24.3 Å². The van der Waals surface area contributed by atoms with Crippen molar-refractivity contribution in [3.63, 3.8) is 0 Å². The second-order valence-corrected chi connectivity index (χ2v) is 6.21. The van der Waals surface area contributed by atoms with Crippen LogP contribution in [0.4, 0.5) is 18.9 Å². The van der Waals surface area contributed by atoms with Crippen molar-refractivity contribution in [3.8, 4) is 0 Å². The van der Waals surface area contributed by atoms with E-state index in [2.05, 4.69) is 5.32 Å². The van der Waals surface area contributed by atoms with E-state index in [1.165, 1.54) is 24.0 Å². The molecule has 0 saturated heterocycles. The molecule has 0 spiro atoms. The van der Waals surface area contributed by atoms with E-state index in [1.54, 1.807) is 12.3 Å².